The standard InChI is InChI=1S/C10H16N2O3S2/c1-6(11)8(13)12-5-10(16-2-3-17-10)4-7(12)9(14)15/h6-7H,2-5,11H2,1H3,(H,14,15)/t6-,7?/m0/s1. The van der Waals surface area contributed by atoms with Crippen molar-refractivity contribution < 1.29 is 14.7 Å². The number of aliphatic carboxylic acids is 1. The largest absolute Gasteiger partial charge is 0.480 e. The first-order valence-electron chi connectivity index (χ1n) is 5.52. The Labute approximate surface area is 108 Å². The van der Waals surface area contributed by atoms with E-state index in [9.17, 15) is 14.7 Å². The van der Waals surface area contributed by atoms with Crippen LogP contribution in [0, 0.1) is 0 Å². The van der Waals surface area contributed by atoms with Gasteiger partial charge in [0, 0.05) is 24.5 Å². The zero-order valence-electron chi connectivity index (χ0n) is 9.59. The Morgan fingerprint density at radius 1 is 1.47 bits per heavy atom. The van der Waals surface area contributed by atoms with Crippen LogP contribution in [0.15, 0.2) is 0 Å². The van der Waals surface area contributed by atoms with E-state index in [1.54, 1.807) is 30.4 Å². The number of likely N-dealkylation sites (tertiary alicyclic amines) is 1. The third kappa shape index (κ3) is 2.41. The Balaban J connectivity index is 2.18. The minimum atomic E-state index is -0.927. The lowest BCUT2D eigenvalue weighted by Gasteiger charge is -2.24. The monoisotopic (exact) mass is 276 g/mol. The lowest BCUT2D eigenvalue weighted by atomic mass is 10.2. The Hall–Kier alpha value is -0.400. The molecule has 0 bridgehead atoms. The van der Waals surface area contributed by atoms with E-state index < -0.39 is 18.1 Å². The van der Waals surface area contributed by atoms with Crippen LogP contribution >= 0.6 is 23.5 Å². The topological polar surface area (TPSA) is 83.6 Å². The molecule has 1 spiro atoms. The third-order valence-corrected chi connectivity index (χ3v) is 6.49. The van der Waals surface area contributed by atoms with Gasteiger partial charge in [0.25, 0.3) is 0 Å². The van der Waals surface area contributed by atoms with E-state index in [1.165, 1.54) is 4.90 Å². The van der Waals surface area contributed by atoms with Crippen molar-refractivity contribution in [3.63, 3.8) is 0 Å². The van der Waals surface area contributed by atoms with Gasteiger partial charge in [-0.05, 0) is 6.92 Å². The van der Waals surface area contributed by atoms with Crippen molar-refractivity contribution in [2.75, 3.05) is 18.1 Å². The van der Waals surface area contributed by atoms with Gasteiger partial charge in [-0.25, -0.2) is 4.79 Å². The maximum atomic E-state index is 11.9. The van der Waals surface area contributed by atoms with E-state index in [4.69, 9.17) is 5.73 Å². The maximum absolute atomic E-state index is 11.9. The van der Waals surface area contributed by atoms with Gasteiger partial charge < -0.3 is 15.7 Å². The van der Waals surface area contributed by atoms with Gasteiger partial charge in [-0.2, -0.15) is 0 Å². The molecule has 1 amide bonds. The molecule has 2 heterocycles. The molecule has 3 N–H and O–H groups in total. The molecule has 2 atom stereocenters. The molecule has 0 aromatic rings. The molecule has 1 unspecified atom stereocenters. The van der Waals surface area contributed by atoms with Gasteiger partial charge in [-0.1, -0.05) is 0 Å². The average Bonchev–Trinajstić information content (AvgIpc) is 2.86. The van der Waals surface area contributed by atoms with E-state index in [2.05, 4.69) is 0 Å². The number of amides is 1. The Bertz CT molecular complexity index is 342. The lowest BCUT2D eigenvalue weighted by molar-refractivity contribution is -0.148. The highest BCUT2D eigenvalue weighted by Gasteiger charge is 2.51. The van der Waals surface area contributed by atoms with Crippen molar-refractivity contribution in [1.29, 1.82) is 0 Å². The molecule has 2 fully saturated rings. The fourth-order valence-corrected chi connectivity index (χ4v) is 5.52. The summed E-state index contributed by atoms with van der Waals surface area (Å²) in [6, 6.07) is -1.35. The Morgan fingerprint density at radius 3 is 2.53 bits per heavy atom. The molecule has 0 aliphatic carbocycles. The molecule has 96 valence electrons. The van der Waals surface area contributed by atoms with Gasteiger partial charge >= 0.3 is 5.97 Å². The van der Waals surface area contributed by atoms with Gasteiger partial charge in [-0.3, -0.25) is 4.79 Å². The molecule has 0 radical (unpaired) electrons. The van der Waals surface area contributed by atoms with E-state index in [-0.39, 0.29) is 9.99 Å². The molecule has 0 saturated carbocycles. The number of carboxylic acid groups (broad SMARTS) is 1. The van der Waals surface area contributed by atoms with Crippen LogP contribution in [0.2, 0.25) is 0 Å². The summed E-state index contributed by atoms with van der Waals surface area (Å²) in [6.07, 6.45) is 0.524. The van der Waals surface area contributed by atoms with Crippen LogP contribution in [-0.4, -0.2) is 56.1 Å². The predicted molar refractivity (Wildman–Crippen MR) is 69.1 cm³/mol. The van der Waals surface area contributed by atoms with Gasteiger partial charge in [-0.15, -0.1) is 23.5 Å². The van der Waals surface area contributed by atoms with Crippen LogP contribution < -0.4 is 5.73 Å². The molecule has 17 heavy (non-hydrogen) atoms. The lowest BCUT2D eigenvalue weighted by Crippen LogP contribution is -2.47. The second-order valence-electron chi connectivity index (χ2n) is 4.42. The number of carboxylic acids is 1. The summed E-state index contributed by atoms with van der Waals surface area (Å²) in [5.74, 6) is 0.861. The summed E-state index contributed by atoms with van der Waals surface area (Å²) in [7, 11) is 0. The van der Waals surface area contributed by atoms with Crippen LogP contribution in [0.1, 0.15) is 13.3 Å². The highest BCUT2D eigenvalue weighted by molar-refractivity contribution is 8.21. The van der Waals surface area contributed by atoms with Crippen molar-refractivity contribution in [2.45, 2.75) is 29.5 Å². The molecule has 0 aromatic heterocycles. The molecule has 2 aliphatic heterocycles. The quantitative estimate of drug-likeness (QED) is 0.749. The molecular weight excluding hydrogens is 260 g/mol. The number of carbonyl (C=O) groups excluding carboxylic acids is 1. The summed E-state index contributed by atoms with van der Waals surface area (Å²) >= 11 is 3.54. The summed E-state index contributed by atoms with van der Waals surface area (Å²) in [4.78, 5) is 24.6. The second-order valence-corrected chi connectivity index (χ2v) is 7.64. The first-order valence-corrected chi connectivity index (χ1v) is 7.49. The smallest absolute Gasteiger partial charge is 0.326 e. The number of nitrogens with zero attached hydrogens (tertiary/aromatic N) is 1. The van der Waals surface area contributed by atoms with E-state index in [0.29, 0.717) is 13.0 Å². The first kappa shape index (κ1) is 13.0. The average molecular weight is 276 g/mol. The van der Waals surface area contributed by atoms with Crippen LogP contribution in [0.25, 0.3) is 0 Å². The van der Waals surface area contributed by atoms with Crippen LogP contribution in [0.4, 0.5) is 0 Å². The highest BCUT2D eigenvalue weighted by Crippen LogP contribution is 2.51. The SMILES string of the molecule is C[C@H](N)C(=O)N1CC2(CC1C(=O)O)SCCS2. The minimum absolute atomic E-state index is 0.117. The fraction of sp³-hybridized carbons (Fsp3) is 0.800. The maximum Gasteiger partial charge on any atom is 0.326 e. The summed E-state index contributed by atoms with van der Waals surface area (Å²) < 4.78 is -0.117. The van der Waals surface area contributed by atoms with Crippen molar-refractivity contribution >= 4 is 35.4 Å². The molecule has 7 heteroatoms. The van der Waals surface area contributed by atoms with Crippen molar-refractivity contribution in [3.8, 4) is 0 Å². The Kier molecular flexibility index (Phi) is 3.61. The number of thioether (sulfide) groups is 2. The summed E-state index contributed by atoms with van der Waals surface area (Å²) in [5, 5.41) is 9.20. The Morgan fingerprint density at radius 2 is 2.06 bits per heavy atom. The van der Waals surface area contributed by atoms with Gasteiger partial charge in [0.15, 0.2) is 0 Å². The van der Waals surface area contributed by atoms with Crippen molar-refractivity contribution in [2.24, 2.45) is 5.73 Å². The minimum Gasteiger partial charge on any atom is -0.480 e. The molecule has 5 nitrogen and oxygen atoms in total. The number of carbonyl (C=O) groups is 2. The first-order chi connectivity index (χ1) is 7.95. The fourth-order valence-electron chi connectivity index (χ4n) is 2.26. The van der Waals surface area contributed by atoms with E-state index in [1.807, 2.05) is 0 Å². The van der Waals surface area contributed by atoms with E-state index >= 15 is 0 Å². The zero-order valence-corrected chi connectivity index (χ0v) is 11.2. The highest BCUT2D eigenvalue weighted by atomic mass is 32.2. The van der Waals surface area contributed by atoms with Crippen molar-refractivity contribution in [3.05, 3.63) is 0 Å². The van der Waals surface area contributed by atoms with Crippen LogP contribution in [0.3, 0.4) is 0 Å². The van der Waals surface area contributed by atoms with Crippen LogP contribution in [0.5, 0.6) is 0 Å². The van der Waals surface area contributed by atoms with Crippen molar-refractivity contribution in [1.82, 2.24) is 4.90 Å². The van der Waals surface area contributed by atoms with Crippen LogP contribution in [-0.2, 0) is 9.59 Å². The zero-order chi connectivity index (χ0) is 12.6. The number of hydrogen-bond acceptors (Lipinski definition) is 5. The molecular formula is C10H16N2O3S2. The third-order valence-electron chi connectivity index (χ3n) is 3.06. The number of nitrogens with two attached hydrogens (primary N) is 1. The summed E-state index contributed by atoms with van der Waals surface area (Å²) in [5.41, 5.74) is 5.57. The molecule has 2 rings (SSSR count). The normalized spacial score (nSPS) is 28.6. The van der Waals surface area contributed by atoms with E-state index in [0.717, 1.165) is 11.5 Å². The number of hydrogen-bond donors (Lipinski definition) is 2. The predicted octanol–water partition coefficient (Wildman–Crippen LogP) is 0.195. The van der Waals surface area contributed by atoms with Gasteiger partial charge in [0.2, 0.25) is 5.91 Å². The summed E-state index contributed by atoms with van der Waals surface area (Å²) in [6.45, 7) is 2.10. The molecule has 2 aliphatic rings. The number of rotatable bonds is 2. The second kappa shape index (κ2) is 4.70. The van der Waals surface area contributed by atoms with Gasteiger partial charge in [0.1, 0.15) is 6.04 Å². The van der Waals surface area contributed by atoms with Gasteiger partial charge in [0.05, 0.1) is 10.1 Å². The molecule has 2 saturated heterocycles. The molecule has 0 aromatic carbocycles.